The second-order valence-electron chi connectivity index (χ2n) is 3.79. The molecule has 0 aliphatic rings. The van der Waals surface area contributed by atoms with Gasteiger partial charge in [-0.05, 0) is 24.4 Å². The average Bonchev–Trinajstić information content (AvgIpc) is 2.19. The molecule has 0 fully saturated rings. The fourth-order valence-electron chi connectivity index (χ4n) is 1.15. The van der Waals surface area contributed by atoms with E-state index in [2.05, 4.69) is 36.0 Å². The molecule has 1 heterocycles. The molecule has 0 saturated heterocycles. The second kappa shape index (κ2) is 4.94. The highest BCUT2D eigenvalue weighted by atomic mass is 35.5. The van der Waals surface area contributed by atoms with Crippen molar-refractivity contribution in [2.45, 2.75) is 26.8 Å². The third-order valence-corrected chi connectivity index (χ3v) is 2.92. The Morgan fingerprint density at radius 1 is 1.13 bits per heavy atom. The maximum absolute atomic E-state index is 5.90. The fraction of sp³-hybridized carbons (Fsp3) is 0.667. The molecule has 1 aromatic heterocycles. The molecule has 0 aliphatic heterocycles. The number of anilines is 1. The van der Waals surface area contributed by atoms with Gasteiger partial charge in [-0.15, -0.1) is 10.2 Å². The van der Waals surface area contributed by atoms with Gasteiger partial charge in [0.25, 0.3) is 0 Å². The van der Waals surface area contributed by atoms with Gasteiger partial charge in [-0.1, -0.05) is 25.4 Å². The number of hydrogen-bond donors (Lipinski definition) is 0. The van der Waals surface area contributed by atoms with Crippen LogP contribution in [0.2, 0.25) is 10.4 Å². The Morgan fingerprint density at radius 3 is 2.27 bits per heavy atom. The van der Waals surface area contributed by atoms with Gasteiger partial charge in [-0.3, -0.25) is 0 Å². The summed E-state index contributed by atoms with van der Waals surface area (Å²) in [7, 11) is 1.91. The van der Waals surface area contributed by atoms with E-state index in [4.69, 9.17) is 23.2 Å². The minimum atomic E-state index is 0.109. The average molecular weight is 249 g/mol. The zero-order valence-corrected chi connectivity index (χ0v) is 10.7. The van der Waals surface area contributed by atoms with Crippen molar-refractivity contribution in [1.29, 1.82) is 0 Å². The van der Waals surface area contributed by atoms with E-state index in [1.54, 1.807) is 0 Å². The van der Waals surface area contributed by atoms with E-state index in [0.717, 1.165) is 0 Å². The van der Waals surface area contributed by atoms with E-state index in [-0.39, 0.29) is 10.4 Å². The van der Waals surface area contributed by atoms with Crippen LogP contribution < -0.4 is 4.90 Å². The van der Waals surface area contributed by atoms with Gasteiger partial charge < -0.3 is 4.90 Å². The van der Waals surface area contributed by atoms with Crippen molar-refractivity contribution in [3.05, 3.63) is 10.4 Å². The molecule has 0 spiro atoms. The molecule has 1 rings (SSSR count). The van der Waals surface area contributed by atoms with Gasteiger partial charge in [0, 0.05) is 13.1 Å². The highest BCUT2D eigenvalue weighted by Gasteiger charge is 2.18. The SMILES string of the molecule is CC(C)C(C)N(C)c1nc(Cl)nnc1Cl. The first-order valence-electron chi connectivity index (χ1n) is 4.72. The Morgan fingerprint density at radius 2 is 1.73 bits per heavy atom. The molecule has 6 heteroatoms. The lowest BCUT2D eigenvalue weighted by Crippen LogP contribution is -2.34. The summed E-state index contributed by atoms with van der Waals surface area (Å²) in [5, 5.41) is 7.67. The molecule has 0 N–H and O–H groups in total. The summed E-state index contributed by atoms with van der Waals surface area (Å²) in [6.45, 7) is 6.35. The molecule has 0 radical (unpaired) electrons. The smallest absolute Gasteiger partial charge is 0.245 e. The summed E-state index contributed by atoms with van der Waals surface area (Å²) < 4.78 is 0. The molecule has 0 bridgehead atoms. The zero-order chi connectivity index (χ0) is 11.6. The van der Waals surface area contributed by atoms with Crippen LogP contribution in [0.25, 0.3) is 0 Å². The molecule has 1 atom stereocenters. The van der Waals surface area contributed by atoms with E-state index in [1.165, 1.54) is 0 Å². The highest BCUT2D eigenvalue weighted by Crippen LogP contribution is 2.23. The van der Waals surface area contributed by atoms with Crippen molar-refractivity contribution in [1.82, 2.24) is 15.2 Å². The first-order valence-corrected chi connectivity index (χ1v) is 5.47. The molecular weight excluding hydrogens is 235 g/mol. The van der Waals surface area contributed by atoms with E-state index in [1.807, 2.05) is 11.9 Å². The molecule has 15 heavy (non-hydrogen) atoms. The van der Waals surface area contributed by atoms with Gasteiger partial charge >= 0.3 is 0 Å². The maximum atomic E-state index is 5.90. The lowest BCUT2D eigenvalue weighted by atomic mass is 10.1. The summed E-state index contributed by atoms with van der Waals surface area (Å²) >= 11 is 11.6. The number of aromatic nitrogens is 3. The van der Waals surface area contributed by atoms with E-state index >= 15 is 0 Å². The first kappa shape index (κ1) is 12.5. The van der Waals surface area contributed by atoms with Crippen LogP contribution in [0.4, 0.5) is 5.82 Å². The van der Waals surface area contributed by atoms with Crippen molar-refractivity contribution in [3.63, 3.8) is 0 Å². The van der Waals surface area contributed by atoms with Crippen LogP contribution in [-0.2, 0) is 0 Å². The normalized spacial score (nSPS) is 13.0. The third-order valence-electron chi connectivity index (χ3n) is 2.51. The molecule has 0 amide bonds. The summed E-state index contributed by atoms with van der Waals surface area (Å²) in [6.07, 6.45) is 0. The Hall–Kier alpha value is -0.610. The molecule has 0 aromatic carbocycles. The van der Waals surface area contributed by atoms with Crippen molar-refractivity contribution in [2.24, 2.45) is 5.92 Å². The second-order valence-corrected chi connectivity index (χ2v) is 4.49. The molecule has 1 aromatic rings. The number of nitrogens with zero attached hydrogens (tertiary/aromatic N) is 4. The van der Waals surface area contributed by atoms with Crippen LogP contribution in [-0.4, -0.2) is 28.3 Å². The monoisotopic (exact) mass is 248 g/mol. The van der Waals surface area contributed by atoms with Crippen LogP contribution in [0.5, 0.6) is 0 Å². The van der Waals surface area contributed by atoms with E-state index < -0.39 is 0 Å². The maximum Gasteiger partial charge on any atom is 0.245 e. The molecule has 4 nitrogen and oxygen atoms in total. The Balaban J connectivity index is 2.99. The zero-order valence-electron chi connectivity index (χ0n) is 9.20. The standard InChI is InChI=1S/C9H14Cl2N4/c1-5(2)6(3)15(4)8-7(10)13-14-9(11)12-8/h5-6H,1-4H3. The molecule has 84 valence electrons. The number of rotatable bonds is 3. The van der Waals surface area contributed by atoms with Crippen LogP contribution >= 0.6 is 23.2 Å². The number of halogens is 2. The van der Waals surface area contributed by atoms with Gasteiger partial charge in [0.15, 0.2) is 11.0 Å². The van der Waals surface area contributed by atoms with Gasteiger partial charge in [0.2, 0.25) is 5.28 Å². The molecule has 0 saturated carbocycles. The number of hydrogen-bond acceptors (Lipinski definition) is 4. The van der Waals surface area contributed by atoms with Crippen LogP contribution in [0, 0.1) is 5.92 Å². The Bertz CT molecular complexity index is 343. The highest BCUT2D eigenvalue weighted by molar-refractivity contribution is 6.32. The predicted octanol–water partition coefficient (Wildman–Crippen LogP) is 2.66. The summed E-state index contributed by atoms with van der Waals surface area (Å²) in [6, 6.07) is 0.301. The largest absolute Gasteiger partial charge is 0.354 e. The first-order chi connectivity index (χ1) is 6.93. The third kappa shape index (κ3) is 2.92. The van der Waals surface area contributed by atoms with Gasteiger partial charge in [0.1, 0.15) is 0 Å². The van der Waals surface area contributed by atoms with Crippen molar-refractivity contribution >= 4 is 29.0 Å². The fourth-order valence-corrected chi connectivity index (χ4v) is 1.48. The van der Waals surface area contributed by atoms with Crippen molar-refractivity contribution < 1.29 is 0 Å². The topological polar surface area (TPSA) is 41.9 Å². The summed E-state index contributed by atoms with van der Waals surface area (Å²) in [5.41, 5.74) is 0. The molecule has 0 aliphatic carbocycles. The Labute approximate surface area is 99.6 Å². The Kier molecular flexibility index (Phi) is 4.11. The van der Waals surface area contributed by atoms with Crippen LogP contribution in [0.1, 0.15) is 20.8 Å². The summed E-state index contributed by atoms with van der Waals surface area (Å²) in [4.78, 5) is 6.01. The summed E-state index contributed by atoms with van der Waals surface area (Å²) in [5.74, 6) is 1.05. The van der Waals surface area contributed by atoms with Gasteiger partial charge in [-0.25, -0.2) is 0 Å². The predicted molar refractivity (Wildman–Crippen MR) is 62.6 cm³/mol. The van der Waals surface area contributed by atoms with E-state index in [9.17, 15) is 0 Å². The van der Waals surface area contributed by atoms with Crippen LogP contribution in [0.3, 0.4) is 0 Å². The molecular formula is C9H14Cl2N4. The lowest BCUT2D eigenvalue weighted by Gasteiger charge is -2.28. The minimum Gasteiger partial charge on any atom is -0.354 e. The van der Waals surface area contributed by atoms with Crippen LogP contribution in [0.15, 0.2) is 0 Å². The lowest BCUT2D eigenvalue weighted by molar-refractivity contribution is 0.502. The van der Waals surface area contributed by atoms with Crippen molar-refractivity contribution in [2.75, 3.05) is 11.9 Å². The van der Waals surface area contributed by atoms with Gasteiger partial charge in [0.05, 0.1) is 0 Å². The quantitative estimate of drug-likeness (QED) is 0.825. The molecule has 1 unspecified atom stereocenters. The van der Waals surface area contributed by atoms with E-state index in [0.29, 0.717) is 17.8 Å². The minimum absolute atomic E-state index is 0.109. The van der Waals surface area contributed by atoms with Crippen molar-refractivity contribution in [3.8, 4) is 0 Å². The van der Waals surface area contributed by atoms with Gasteiger partial charge in [-0.2, -0.15) is 4.98 Å².